The number of fused-ring (bicyclic) bond motifs is 1. The van der Waals surface area contributed by atoms with Crippen molar-refractivity contribution in [1.29, 1.82) is 0 Å². The molecule has 1 N–H and O–H groups in total. The Labute approximate surface area is 93.2 Å². The highest BCUT2D eigenvalue weighted by Gasteiger charge is 2.55. The van der Waals surface area contributed by atoms with Gasteiger partial charge >= 0.3 is 0 Å². The molecule has 0 aromatic carbocycles. The summed E-state index contributed by atoms with van der Waals surface area (Å²) in [5, 5.41) is 3.04. The maximum absolute atomic E-state index is 13.5. The molecule has 3 rings (SSSR count). The number of hydrogen-bond acceptors (Lipinski definition) is 2. The van der Waals surface area contributed by atoms with Gasteiger partial charge in [0, 0.05) is 38.5 Å². The predicted molar refractivity (Wildman–Crippen MR) is 54.1 cm³/mol. The summed E-state index contributed by atoms with van der Waals surface area (Å²) in [5.41, 5.74) is 0. The van der Waals surface area contributed by atoms with Crippen LogP contribution in [0.25, 0.3) is 0 Å². The standard InChI is InChI=1S/C11H16F2N2O/c12-11(13)2-1-7-5-15(6-9(7)11)10(16)8-3-14-4-8/h7-9,14H,1-6H2. The van der Waals surface area contributed by atoms with E-state index in [1.807, 2.05) is 0 Å². The lowest BCUT2D eigenvalue weighted by atomic mass is 9.99. The number of rotatable bonds is 1. The van der Waals surface area contributed by atoms with Gasteiger partial charge in [0.2, 0.25) is 5.91 Å². The number of carbonyl (C=O) groups is 1. The third kappa shape index (κ3) is 1.44. The van der Waals surface area contributed by atoms with E-state index in [2.05, 4.69) is 5.32 Å². The van der Waals surface area contributed by atoms with Crippen LogP contribution in [0.1, 0.15) is 12.8 Å². The molecule has 2 unspecified atom stereocenters. The second-order valence-electron chi connectivity index (χ2n) is 5.26. The van der Waals surface area contributed by atoms with Crippen molar-refractivity contribution < 1.29 is 13.6 Å². The molecule has 1 aliphatic carbocycles. The van der Waals surface area contributed by atoms with Crippen molar-refractivity contribution in [2.75, 3.05) is 26.2 Å². The molecule has 1 amide bonds. The first kappa shape index (κ1) is 10.4. The predicted octanol–water partition coefficient (Wildman–Crippen LogP) is 0.710. The van der Waals surface area contributed by atoms with Gasteiger partial charge in [0.05, 0.1) is 5.92 Å². The van der Waals surface area contributed by atoms with Crippen LogP contribution in [0.15, 0.2) is 0 Å². The van der Waals surface area contributed by atoms with Crippen LogP contribution in [0.2, 0.25) is 0 Å². The van der Waals surface area contributed by atoms with Gasteiger partial charge in [0.25, 0.3) is 5.92 Å². The molecular formula is C11H16F2N2O. The molecule has 2 saturated heterocycles. The number of carbonyl (C=O) groups excluding carboxylic acids is 1. The van der Waals surface area contributed by atoms with Gasteiger partial charge in [-0.25, -0.2) is 8.78 Å². The fourth-order valence-corrected chi connectivity index (χ4v) is 3.11. The van der Waals surface area contributed by atoms with Gasteiger partial charge in [-0.15, -0.1) is 0 Å². The van der Waals surface area contributed by atoms with E-state index in [9.17, 15) is 13.6 Å². The molecule has 0 spiro atoms. The number of halogens is 2. The van der Waals surface area contributed by atoms with Gasteiger partial charge < -0.3 is 10.2 Å². The van der Waals surface area contributed by atoms with Gasteiger partial charge in [0.1, 0.15) is 0 Å². The van der Waals surface area contributed by atoms with Gasteiger partial charge in [-0.1, -0.05) is 0 Å². The first-order valence-corrected chi connectivity index (χ1v) is 5.95. The molecule has 0 aromatic rings. The van der Waals surface area contributed by atoms with Crippen molar-refractivity contribution in [3.63, 3.8) is 0 Å². The second kappa shape index (κ2) is 3.39. The Morgan fingerprint density at radius 3 is 2.62 bits per heavy atom. The largest absolute Gasteiger partial charge is 0.342 e. The Kier molecular flexibility index (Phi) is 2.21. The van der Waals surface area contributed by atoms with Crippen LogP contribution in [0.4, 0.5) is 8.78 Å². The highest BCUT2D eigenvalue weighted by atomic mass is 19.3. The van der Waals surface area contributed by atoms with E-state index in [1.165, 1.54) is 0 Å². The first-order chi connectivity index (χ1) is 7.58. The number of amides is 1. The van der Waals surface area contributed by atoms with Crippen LogP contribution < -0.4 is 5.32 Å². The van der Waals surface area contributed by atoms with E-state index < -0.39 is 11.8 Å². The first-order valence-electron chi connectivity index (χ1n) is 5.95. The Bertz CT molecular complexity index is 317. The van der Waals surface area contributed by atoms with Gasteiger partial charge in [-0.05, 0) is 12.3 Å². The molecule has 90 valence electrons. The average Bonchev–Trinajstić information content (AvgIpc) is 2.65. The Balaban J connectivity index is 1.67. The summed E-state index contributed by atoms with van der Waals surface area (Å²) in [6, 6.07) is 0. The van der Waals surface area contributed by atoms with E-state index >= 15 is 0 Å². The smallest absolute Gasteiger partial charge is 0.252 e. The normalized spacial score (nSPS) is 37.2. The Morgan fingerprint density at radius 1 is 1.31 bits per heavy atom. The molecule has 2 aliphatic heterocycles. The lowest BCUT2D eigenvalue weighted by Gasteiger charge is -2.30. The topological polar surface area (TPSA) is 32.3 Å². The zero-order valence-electron chi connectivity index (χ0n) is 9.09. The number of likely N-dealkylation sites (tertiary alicyclic amines) is 1. The fraction of sp³-hybridized carbons (Fsp3) is 0.909. The monoisotopic (exact) mass is 230 g/mol. The van der Waals surface area contributed by atoms with Gasteiger partial charge in [-0.2, -0.15) is 0 Å². The number of alkyl halides is 2. The molecular weight excluding hydrogens is 214 g/mol. The molecule has 1 saturated carbocycles. The maximum Gasteiger partial charge on any atom is 0.252 e. The van der Waals surface area contributed by atoms with Crippen LogP contribution in [-0.2, 0) is 4.79 Å². The summed E-state index contributed by atoms with van der Waals surface area (Å²) in [5.74, 6) is -2.98. The Hall–Kier alpha value is -0.710. The van der Waals surface area contributed by atoms with Crippen molar-refractivity contribution in [1.82, 2.24) is 10.2 Å². The average molecular weight is 230 g/mol. The van der Waals surface area contributed by atoms with E-state index in [1.54, 1.807) is 4.90 Å². The number of nitrogens with zero attached hydrogens (tertiary/aromatic N) is 1. The molecule has 0 aromatic heterocycles. The van der Waals surface area contributed by atoms with E-state index in [0.29, 0.717) is 26.1 Å². The zero-order chi connectivity index (χ0) is 11.3. The molecule has 16 heavy (non-hydrogen) atoms. The summed E-state index contributed by atoms with van der Waals surface area (Å²) in [7, 11) is 0. The summed E-state index contributed by atoms with van der Waals surface area (Å²) in [4.78, 5) is 13.6. The van der Waals surface area contributed by atoms with Crippen molar-refractivity contribution >= 4 is 5.91 Å². The molecule has 5 heteroatoms. The van der Waals surface area contributed by atoms with Crippen molar-refractivity contribution in [3.05, 3.63) is 0 Å². The highest BCUT2D eigenvalue weighted by Crippen LogP contribution is 2.48. The van der Waals surface area contributed by atoms with Crippen molar-refractivity contribution in [2.24, 2.45) is 17.8 Å². The highest BCUT2D eigenvalue weighted by molar-refractivity contribution is 5.80. The number of nitrogens with one attached hydrogen (secondary N) is 1. The minimum Gasteiger partial charge on any atom is -0.342 e. The molecule has 3 fully saturated rings. The Morgan fingerprint density at radius 2 is 2.06 bits per heavy atom. The SMILES string of the molecule is O=C(C1CNC1)N1CC2CCC(F)(F)C2C1. The third-order valence-corrected chi connectivity index (χ3v) is 4.27. The minimum absolute atomic E-state index is 0.00927. The van der Waals surface area contributed by atoms with Crippen LogP contribution in [0.5, 0.6) is 0 Å². The lowest BCUT2D eigenvalue weighted by Crippen LogP contribution is -2.51. The van der Waals surface area contributed by atoms with Crippen LogP contribution >= 0.6 is 0 Å². The summed E-state index contributed by atoms with van der Waals surface area (Å²) in [6.07, 6.45) is 0.583. The molecule has 2 atom stereocenters. The molecule has 0 bridgehead atoms. The number of hydrogen-bond donors (Lipinski definition) is 1. The van der Waals surface area contributed by atoms with Gasteiger partial charge in [-0.3, -0.25) is 4.79 Å². The van der Waals surface area contributed by atoms with Crippen LogP contribution in [0.3, 0.4) is 0 Å². The third-order valence-electron chi connectivity index (χ3n) is 4.27. The second-order valence-corrected chi connectivity index (χ2v) is 5.26. The van der Waals surface area contributed by atoms with Crippen LogP contribution in [0, 0.1) is 17.8 Å². The van der Waals surface area contributed by atoms with E-state index in [-0.39, 0.29) is 30.7 Å². The summed E-state index contributed by atoms with van der Waals surface area (Å²) < 4.78 is 27.0. The summed E-state index contributed by atoms with van der Waals surface area (Å²) in [6.45, 7) is 2.24. The van der Waals surface area contributed by atoms with Crippen molar-refractivity contribution in [3.8, 4) is 0 Å². The van der Waals surface area contributed by atoms with Crippen LogP contribution in [-0.4, -0.2) is 42.9 Å². The fourth-order valence-electron chi connectivity index (χ4n) is 3.11. The molecule has 2 heterocycles. The van der Waals surface area contributed by atoms with E-state index in [4.69, 9.17) is 0 Å². The molecule has 3 aliphatic rings. The molecule has 0 radical (unpaired) electrons. The maximum atomic E-state index is 13.5. The van der Waals surface area contributed by atoms with E-state index in [0.717, 1.165) is 0 Å². The van der Waals surface area contributed by atoms with Crippen molar-refractivity contribution in [2.45, 2.75) is 18.8 Å². The van der Waals surface area contributed by atoms with Gasteiger partial charge in [0.15, 0.2) is 0 Å². The minimum atomic E-state index is -2.54. The zero-order valence-corrected chi connectivity index (χ0v) is 9.09. The summed E-state index contributed by atoms with van der Waals surface area (Å²) >= 11 is 0. The molecule has 3 nitrogen and oxygen atoms in total. The quantitative estimate of drug-likeness (QED) is 0.719. The lowest BCUT2D eigenvalue weighted by molar-refractivity contribution is -0.137.